The first-order chi connectivity index (χ1) is 8.54. The van der Waals surface area contributed by atoms with Gasteiger partial charge in [-0.2, -0.15) is 0 Å². The Kier molecular flexibility index (Phi) is 5.29. The highest BCUT2D eigenvalue weighted by Gasteiger charge is 2.24. The molecule has 18 heavy (non-hydrogen) atoms. The summed E-state index contributed by atoms with van der Waals surface area (Å²) >= 11 is 0. The van der Waals surface area contributed by atoms with E-state index in [0.29, 0.717) is 13.0 Å². The van der Waals surface area contributed by atoms with Crippen LogP contribution < -0.4 is 5.32 Å². The molecule has 0 bridgehead atoms. The number of aryl methyl sites for hydroxylation is 1. The highest BCUT2D eigenvalue weighted by atomic mass is 16.4. The number of rotatable bonds is 7. The number of hydrogen-bond donors (Lipinski definition) is 2. The van der Waals surface area contributed by atoms with Crippen LogP contribution in [0.15, 0.2) is 12.4 Å². The lowest BCUT2D eigenvalue weighted by Crippen LogP contribution is -2.45. The van der Waals surface area contributed by atoms with Gasteiger partial charge in [-0.15, -0.1) is 5.10 Å². The van der Waals surface area contributed by atoms with E-state index in [4.69, 9.17) is 5.11 Å². The Bertz CT molecular complexity index is 391. The van der Waals surface area contributed by atoms with E-state index in [-0.39, 0.29) is 18.2 Å². The van der Waals surface area contributed by atoms with Crippen molar-refractivity contribution in [1.82, 2.24) is 20.3 Å². The van der Waals surface area contributed by atoms with E-state index in [1.54, 1.807) is 13.1 Å². The number of carboxylic acids is 1. The number of carbonyl (C=O) groups excluding carboxylic acids is 1. The summed E-state index contributed by atoms with van der Waals surface area (Å²) in [6.07, 6.45) is 4.05. The van der Waals surface area contributed by atoms with Gasteiger partial charge in [-0.1, -0.05) is 25.5 Å². The summed E-state index contributed by atoms with van der Waals surface area (Å²) in [6.45, 7) is 4.08. The average molecular weight is 254 g/mol. The summed E-state index contributed by atoms with van der Waals surface area (Å²) in [7, 11) is 0. The van der Waals surface area contributed by atoms with E-state index in [9.17, 15) is 9.59 Å². The Morgan fingerprint density at radius 1 is 1.50 bits per heavy atom. The third kappa shape index (κ3) is 4.15. The van der Waals surface area contributed by atoms with Crippen LogP contribution in [0.3, 0.4) is 0 Å². The third-order valence-corrected chi connectivity index (χ3v) is 2.84. The van der Waals surface area contributed by atoms with Crippen LogP contribution in [-0.2, 0) is 16.1 Å². The molecule has 0 aliphatic rings. The van der Waals surface area contributed by atoms with Gasteiger partial charge in [-0.3, -0.25) is 9.48 Å². The van der Waals surface area contributed by atoms with Crippen LogP contribution in [0.1, 0.15) is 26.7 Å². The molecule has 0 radical (unpaired) electrons. The molecule has 2 N–H and O–H groups in total. The summed E-state index contributed by atoms with van der Waals surface area (Å²) in [6, 6.07) is -0.835. The van der Waals surface area contributed by atoms with E-state index in [1.807, 2.05) is 6.92 Å². The van der Waals surface area contributed by atoms with Gasteiger partial charge in [0.2, 0.25) is 5.91 Å². The van der Waals surface area contributed by atoms with Crippen LogP contribution in [0.2, 0.25) is 0 Å². The second-order valence-electron chi connectivity index (χ2n) is 4.19. The van der Waals surface area contributed by atoms with Crippen LogP contribution in [0.25, 0.3) is 0 Å². The Morgan fingerprint density at radius 3 is 2.72 bits per heavy atom. The summed E-state index contributed by atoms with van der Waals surface area (Å²) in [4.78, 5) is 22.7. The molecule has 2 atom stereocenters. The van der Waals surface area contributed by atoms with E-state index in [2.05, 4.69) is 15.6 Å². The lowest BCUT2D eigenvalue weighted by Gasteiger charge is -2.20. The average Bonchev–Trinajstić information content (AvgIpc) is 2.85. The summed E-state index contributed by atoms with van der Waals surface area (Å²) in [5.41, 5.74) is 0. The van der Waals surface area contributed by atoms with Crippen molar-refractivity contribution in [2.75, 3.05) is 0 Å². The first-order valence-electron chi connectivity index (χ1n) is 5.90. The number of amides is 1. The normalized spacial score (nSPS) is 13.9. The summed E-state index contributed by atoms with van der Waals surface area (Å²) in [5, 5.41) is 18.9. The van der Waals surface area contributed by atoms with Gasteiger partial charge in [0.1, 0.15) is 6.04 Å². The van der Waals surface area contributed by atoms with Crippen molar-refractivity contribution in [3.8, 4) is 0 Å². The highest BCUT2D eigenvalue weighted by molar-refractivity contribution is 5.83. The Hall–Kier alpha value is -1.92. The van der Waals surface area contributed by atoms with Gasteiger partial charge in [0.15, 0.2) is 0 Å². The molecule has 1 unspecified atom stereocenters. The molecule has 1 amide bonds. The molecule has 0 fully saturated rings. The molecule has 100 valence electrons. The molecule has 1 aromatic heterocycles. The van der Waals surface area contributed by atoms with E-state index in [1.165, 1.54) is 10.9 Å². The molecule has 7 heteroatoms. The molecule has 0 aromatic carbocycles. The molecule has 7 nitrogen and oxygen atoms in total. The quantitative estimate of drug-likeness (QED) is 0.728. The Labute approximate surface area is 105 Å². The molecule has 1 aromatic rings. The molecule has 1 rings (SSSR count). The number of carbonyl (C=O) groups is 2. The fourth-order valence-electron chi connectivity index (χ4n) is 1.50. The lowest BCUT2D eigenvalue weighted by atomic mass is 9.99. The minimum Gasteiger partial charge on any atom is -0.480 e. The van der Waals surface area contributed by atoms with Crippen molar-refractivity contribution in [2.24, 2.45) is 5.92 Å². The van der Waals surface area contributed by atoms with Gasteiger partial charge in [0.05, 0.1) is 12.7 Å². The zero-order valence-electron chi connectivity index (χ0n) is 10.5. The van der Waals surface area contributed by atoms with Crippen molar-refractivity contribution in [3.05, 3.63) is 12.4 Å². The Morgan fingerprint density at radius 2 is 2.22 bits per heavy atom. The van der Waals surface area contributed by atoms with E-state index >= 15 is 0 Å². The zero-order chi connectivity index (χ0) is 13.5. The largest absolute Gasteiger partial charge is 0.480 e. The van der Waals surface area contributed by atoms with Crippen LogP contribution in [-0.4, -0.2) is 38.0 Å². The number of nitrogens with zero attached hydrogens (tertiary/aromatic N) is 3. The molecular formula is C11H18N4O3. The zero-order valence-corrected chi connectivity index (χ0v) is 10.5. The molecule has 0 saturated heterocycles. The van der Waals surface area contributed by atoms with Gasteiger partial charge < -0.3 is 10.4 Å². The number of aromatic nitrogens is 3. The predicted molar refractivity (Wildman–Crippen MR) is 63.7 cm³/mol. The van der Waals surface area contributed by atoms with Gasteiger partial charge in [0.25, 0.3) is 0 Å². The summed E-state index contributed by atoms with van der Waals surface area (Å²) < 4.78 is 1.53. The number of aliphatic carboxylic acids is 1. The van der Waals surface area contributed by atoms with Crippen LogP contribution in [0.4, 0.5) is 0 Å². The van der Waals surface area contributed by atoms with Gasteiger partial charge in [0, 0.05) is 12.6 Å². The summed E-state index contributed by atoms with van der Waals surface area (Å²) in [5.74, 6) is -1.39. The van der Waals surface area contributed by atoms with Crippen molar-refractivity contribution in [3.63, 3.8) is 0 Å². The standard InChI is InChI=1S/C11H18N4O3/c1-3-8(2)10(11(17)18)13-9(16)4-6-15-7-5-12-14-15/h5,7-8,10H,3-4,6H2,1-2H3,(H,13,16)(H,17,18)/t8?,10-/m0/s1. The van der Waals surface area contributed by atoms with Crippen molar-refractivity contribution < 1.29 is 14.7 Å². The van der Waals surface area contributed by atoms with E-state index in [0.717, 1.165) is 0 Å². The lowest BCUT2D eigenvalue weighted by molar-refractivity contribution is -0.143. The minimum absolute atomic E-state index is 0.0992. The maximum Gasteiger partial charge on any atom is 0.326 e. The van der Waals surface area contributed by atoms with E-state index < -0.39 is 12.0 Å². The maximum atomic E-state index is 11.6. The molecular weight excluding hydrogens is 236 g/mol. The number of hydrogen-bond acceptors (Lipinski definition) is 4. The molecule has 0 aliphatic heterocycles. The predicted octanol–water partition coefficient (Wildman–Crippen LogP) is 0.284. The van der Waals surface area contributed by atoms with Gasteiger partial charge >= 0.3 is 5.97 Å². The van der Waals surface area contributed by atoms with Crippen molar-refractivity contribution >= 4 is 11.9 Å². The molecule has 1 heterocycles. The Balaban J connectivity index is 2.44. The maximum absolute atomic E-state index is 11.6. The van der Waals surface area contributed by atoms with Gasteiger partial charge in [-0.25, -0.2) is 4.79 Å². The molecule has 0 spiro atoms. The second kappa shape index (κ2) is 6.73. The molecule has 0 saturated carbocycles. The minimum atomic E-state index is -1.00. The van der Waals surface area contributed by atoms with Crippen LogP contribution >= 0.6 is 0 Å². The van der Waals surface area contributed by atoms with Crippen LogP contribution in [0.5, 0.6) is 0 Å². The topological polar surface area (TPSA) is 97.1 Å². The van der Waals surface area contributed by atoms with Gasteiger partial charge in [-0.05, 0) is 5.92 Å². The smallest absolute Gasteiger partial charge is 0.326 e. The number of nitrogens with one attached hydrogen (secondary N) is 1. The van der Waals surface area contributed by atoms with Crippen molar-refractivity contribution in [1.29, 1.82) is 0 Å². The van der Waals surface area contributed by atoms with Crippen LogP contribution in [0, 0.1) is 5.92 Å². The first kappa shape index (κ1) is 14.1. The fraction of sp³-hybridized carbons (Fsp3) is 0.636. The monoisotopic (exact) mass is 254 g/mol. The highest BCUT2D eigenvalue weighted by Crippen LogP contribution is 2.08. The third-order valence-electron chi connectivity index (χ3n) is 2.84. The fourth-order valence-corrected chi connectivity index (χ4v) is 1.50. The van der Waals surface area contributed by atoms with Crippen molar-refractivity contribution in [2.45, 2.75) is 39.3 Å². The molecule has 0 aliphatic carbocycles. The second-order valence-corrected chi connectivity index (χ2v) is 4.19. The number of carboxylic acid groups (broad SMARTS) is 1. The SMILES string of the molecule is CCC(C)[C@H](NC(=O)CCn1ccnn1)C(=O)O. The first-order valence-corrected chi connectivity index (χ1v) is 5.90.